The third kappa shape index (κ3) is 3.01. The van der Waals surface area contributed by atoms with Gasteiger partial charge in [0.1, 0.15) is 0 Å². The number of nitrogens with zero attached hydrogens (tertiary/aromatic N) is 1. The van der Waals surface area contributed by atoms with Crippen LogP contribution in [0.15, 0.2) is 48.8 Å². The van der Waals surface area contributed by atoms with Gasteiger partial charge >= 0.3 is 0 Å². The number of benzene rings is 1. The van der Waals surface area contributed by atoms with Gasteiger partial charge in [-0.15, -0.1) is 0 Å². The minimum atomic E-state index is 0.649. The van der Waals surface area contributed by atoms with Crippen LogP contribution >= 0.6 is 0 Å². The predicted octanol–water partition coefficient (Wildman–Crippen LogP) is 4.47. The molecule has 2 heteroatoms. The van der Waals surface area contributed by atoms with Crippen LogP contribution in [0.2, 0.25) is 0 Å². The van der Waals surface area contributed by atoms with Gasteiger partial charge < -0.3 is 9.88 Å². The maximum Gasteiger partial charge on any atom is 0.0469 e. The molecule has 1 aromatic carbocycles. The average molecular weight is 254 g/mol. The molecule has 1 aliphatic rings. The molecular formula is C17H22N2. The molecule has 0 bridgehead atoms. The van der Waals surface area contributed by atoms with Crippen molar-refractivity contribution in [1.82, 2.24) is 4.57 Å². The number of hydrogen-bond donors (Lipinski definition) is 1. The fourth-order valence-corrected chi connectivity index (χ4v) is 2.90. The molecular weight excluding hydrogens is 232 g/mol. The maximum absolute atomic E-state index is 3.69. The molecule has 0 amide bonds. The zero-order valence-electron chi connectivity index (χ0n) is 11.5. The molecule has 1 aromatic heterocycles. The van der Waals surface area contributed by atoms with Crippen LogP contribution in [0.3, 0.4) is 0 Å². The minimum absolute atomic E-state index is 0.649. The summed E-state index contributed by atoms with van der Waals surface area (Å²) in [5.41, 5.74) is 2.46. The van der Waals surface area contributed by atoms with E-state index >= 15 is 0 Å². The topological polar surface area (TPSA) is 17.0 Å². The summed E-state index contributed by atoms with van der Waals surface area (Å²) in [4.78, 5) is 0. The van der Waals surface area contributed by atoms with Gasteiger partial charge in [0.15, 0.2) is 0 Å². The van der Waals surface area contributed by atoms with Gasteiger partial charge in [0, 0.05) is 29.8 Å². The van der Waals surface area contributed by atoms with Crippen molar-refractivity contribution >= 4 is 5.69 Å². The van der Waals surface area contributed by atoms with Crippen molar-refractivity contribution in [2.45, 2.75) is 38.6 Å². The van der Waals surface area contributed by atoms with Crippen molar-refractivity contribution in [3.8, 4) is 5.69 Å². The Bertz CT molecular complexity index is 508. The minimum Gasteiger partial charge on any atom is -0.382 e. The predicted molar refractivity (Wildman–Crippen MR) is 80.8 cm³/mol. The monoisotopic (exact) mass is 254 g/mol. The molecule has 0 aliphatic heterocycles. The van der Waals surface area contributed by atoms with Crippen LogP contribution in [0.5, 0.6) is 0 Å². The quantitative estimate of drug-likeness (QED) is 0.855. The largest absolute Gasteiger partial charge is 0.382 e. The summed E-state index contributed by atoms with van der Waals surface area (Å²) in [6.45, 7) is 2.36. The van der Waals surface area contributed by atoms with E-state index in [4.69, 9.17) is 0 Å². The highest BCUT2D eigenvalue weighted by Gasteiger charge is 2.17. The van der Waals surface area contributed by atoms with Crippen LogP contribution in [0, 0.1) is 5.92 Å². The molecule has 1 heterocycles. The Labute approximate surface area is 115 Å². The van der Waals surface area contributed by atoms with E-state index in [-0.39, 0.29) is 0 Å². The molecule has 0 radical (unpaired) electrons. The van der Waals surface area contributed by atoms with Crippen LogP contribution in [0.4, 0.5) is 5.69 Å². The SMILES string of the molecule is CC1CCC(Nc2cccc(-n3cccc3)c2)CC1. The number of anilines is 1. The molecule has 3 rings (SSSR count). The summed E-state index contributed by atoms with van der Waals surface area (Å²) in [5, 5.41) is 3.69. The van der Waals surface area contributed by atoms with Gasteiger partial charge in [0.05, 0.1) is 0 Å². The third-order valence-electron chi connectivity index (χ3n) is 4.14. The Morgan fingerprint density at radius 2 is 1.74 bits per heavy atom. The number of hydrogen-bond acceptors (Lipinski definition) is 1. The lowest BCUT2D eigenvalue weighted by atomic mass is 9.87. The van der Waals surface area contributed by atoms with Crippen molar-refractivity contribution < 1.29 is 0 Å². The smallest absolute Gasteiger partial charge is 0.0469 e. The summed E-state index contributed by atoms with van der Waals surface area (Å²) < 4.78 is 2.15. The van der Waals surface area contributed by atoms with Gasteiger partial charge in [-0.3, -0.25) is 0 Å². The Morgan fingerprint density at radius 1 is 1.00 bits per heavy atom. The number of aromatic nitrogens is 1. The number of nitrogens with one attached hydrogen (secondary N) is 1. The first kappa shape index (κ1) is 12.3. The van der Waals surface area contributed by atoms with E-state index in [2.05, 4.69) is 65.6 Å². The van der Waals surface area contributed by atoms with Gasteiger partial charge in [0.2, 0.25) is 0 Å². The van der Waals surface area contributed by atoms with Crippen LogP contribution in [0.25, 0.3) is 5.69 Å². The molecule has 1 N–H and O–H groups in total. The summed E-state index contributed by atoms with van der Waals surface area (Å²) in [7, 11) is 0. The molecule has 0 spiro atoms. The van der Waals surface area contributed by atoms with E-state index in [0.717, 1.165) is 5.92 Å². The van der Waals surface area contributed by atoms with Crippen molar-refractivity contribution in [2.24, 2.45) is 5.92 Å². The van der Waals surface area contributed by atoms with Gasteiger partial charge in [-0.05, 0) is 61.9 Å². The molecule has 1 saturated carbocycles. The summed E-state index contributed by atoms with van der Waals surface area (Å²) in [6, 6.07) is 13.4. The molecule has 100 valence electrons. The molecule has 19 heavy (non-hydrogen) atoms. The van der Waals surface area contributed by atoms with Crippen LogP contribution < -0.4 is 5.32 Å². The molecule has 0 atom stereocenters. The van der Waals surface area contributed by atoms with E-state index in [0.29, 0.717) is 6.04 Å². The normalized spacial score (nSPS) is 23.2. The highest BCUT2D eigenvalue weighted by molar-refractivity contribution is 5.51. The lowest BCUT2D eigenvalue weighted by Crippen LogP contribution is -2.25. The van der Waals surface area contributed by atoms with Crippen molar-refractivity contribution in [2.75, 3.05) is 5.32 Å². The van der Waals surface area contributed by atoms with Gasteiger partial charge in [-0.2, -0.15) is 0 Å². The third-order valence-corrected chi connectivity index (χ3v) is 4.14. The Morgan fingerprint density at radius 3 is 2.47 bits per heavy atom. The van der Waals surface area contributed by atoms with Crippen molar-refractivity contribution in [3.05, 3.63) is 48.8 Å². The van der Waals surface area contributed by atoms with E-state index in [9.17, 15) is 0 Å². The van der Waals surface area contributed by atoms with Crippen molar-refractivity contribution in [1.29, 1.82) is 0 Å². The Hall–Kier alpha value is -1.70. The average Bonchev–Trinajstić information content (AvgIpc) is 2.96. The van der Waals surface area contributed by atoms with E-state index in [1.165, 1.54) is 37.1 Å². The molecule has 2 aromatic rings. The zero-order valence-corrected chi connectivity index (χ0v) is 11.5. The van der Waals surface area contributed by atoms with Gasteiger partial charge in [-0.1, -0.05) is 13.0 Å². The highest BCUT2D eigenvalue weighted by atomic mass is 15.0. The molecule has 2 nitrogen and oxygen atoms in total. The lowest BCUT2D eigenvalue weighted by Gasteiger charge is -2.27. The standard InChI is InChI=1S/C17H22N2/c1-14-7-9-15(10-8-14)18-16-5-4-6-17(13-16)19-11-2-3-12-19/h2-6,11-15,18H,7-10H2,1H3. The maximum atomic E-state index is 3.69. The first-order chi connectivity index (χ1) is 9.31. The molecule has 0 unspecified atom stereocenters. The Balaban J connectivity index is 1.70. The van der Waals surface area contributed by atoms with E-state index in [1.807, 2.05) is 0 Å². The van der Waals surface area contributed by atoms with Gasteiger partial charge in [0.25, 0.3) is 0 Å². The van der Waals surface area contributed by atoms with E-state index in [1.54, 1.807) is 0 Å². The van der Waals surface area contributed by atoms with E-state index < -0.39 is 0 Å². The second-order valence-electron chi connectivity index (χ2n) is 5.74. The molecule has 0 saturated heterocycles. The summed E-state index contributed by atoms with van der Waals surface area (Å²) in [6.07, 6.45) is 9.48. The highest BCUT2D eigenvalue weighted by Crippen LogP contribution is 2.26. The van der Waals surface area contributed by atoms with Crippen LogP contribution in [-0.2, 0) is 0 Å². The second-order valence-corrected chi connectivity index (χ2v) is 5.74. The molecule has 1 fully saturated rings. The Kier molecular flexibility index (Phi) is 3.58. The first-order valence-corrected chi connectivity index (χ1v) is 7.31. The summed E-state index contributed by atoms with van der Waals surface area (Å²) in [5.74, 6) is 0.907. The summed E-state index contributed by atoms with van der Waals surface area (Å²) >= 11 is 0. The number of rotatable bonds is 3. The zero-order chi connectivity index (χ0) is 13.1. The first-order valence-electron chi connectivity index (χ1n) is 7.31. The lowest BCUT2D eigenvalue weighted by molar-refractivity contribution is 0.361. The second kappa shape index (κ2) is 5.52. The molecule has 1 aliphatic carbocycles. The fraction of sp³-hybridized carbons (Fsp3) is 0.412. The van der Waals surface area contributed by atoms with Crippen LogP contribution in [0.1, 0.15) is 32.6 Å². The van der Waals surface area contributed by atoms with Crippen LogP contribution in [-0.4, -0.2) is 10.6 Å². The van der Waals surface area contributed by atoms with Crippen molar-refractivity contribution in [3.63, 3.8) is 0 Å². The van der Waals surface area contributed by atoms with Gasteiger partial charge in [-0.25, -0.2) is 0 Å². The fourth-order valence-electron chi connectivity index (χ4n) is 2.90.